The molecule has 1 aliphatic heterocycles. The number of nitrogens with one attached hydrogen (secondary N) is 1. The summed E-state index contributed by atoms with van der Waals surface area (Å²) in [7, 11) is -3.10. The van der Waals surface area contributed by atoms with E-state index in [4.69, 9.17) is 5.11 Å². The lowest BCUT2D eigenvalue weighted by Crippen LogP contribution is -2.44. The highest BCUT2D eigenvalue weighted by molar-refractivity contribution is 7.92. The van der Waals surface area contributed by atoms with Crippen LogP contribution in [0, 0.1) is 0 Å². The first-order valence-electron chi connectivity index (χ1n) is 4.68. The van der Waals surface area contributed by atoms with E-state index in [0.717, 1.165) is 0 Å². The maximum Gasteiger partial charge on any atom is 0.320 e. The maximum atomic E-state index is 11.4. The van der Waals surface area contributed by atoms with Gasteiger partial charge in [-0.25, -0.2) is 8.42 Å². The molecule has 1 aliphatic rings. The van der Waals surface area contributed by atoms with Crippen LogP contribution in [-0.4, -0.2) is 36.7 Å². The monoisotopic (exact) mass is 221 g/mol. The van der Waals surface area contributed by atoms with Crippen LogP contribution >= 0.6 is 0 Å². The lowest BCUT2D eigenvalue weighted by atomic mass is 10.2. The molecule has 1 saturated heterocycles. The standard InChI is InChI=1S/C8H15NO4S/c1-2-6(8(10)11)9-7-4-3-5-14(7,12)13/h6-7,9H,2-5H2,1H3,(H,10,11). The summed E-state index contributed by atoms with van der Waals surface area (Å²) in [6, 6.07) is -0.757. The van der Waals surface area contributed by atoms with Crippen molar-refractivity contribution >= 4 is 15.8 Å². The van der Waals surface area contributed by atoms with Crippen molar-refractivity contribution < 1.29 is 18.3 Å². The molecular formula is C8H15NO4S. The molecule has 1 fully saturated rings. The van der Waals surface area contributed by atoms with E-state index in [0.29, 0.717) is 19.3 Å². The van der Waals surface area contributed by atoms with Crippen molar-refractivity contribution in [3.8, 4) is 0 Å². The molecule has 0 aromatic carbocycles. The molecule has 0 aromatic heterocycles. The van der Waals surface area contributed by atoms with Gasteiger partial charge in [0, 0.05) is 0 Å². The van der Waals surface area contributed by atoms with E-state index in [9.17, 15) is 13.2 Å². The second kappa shape index (κ2) is 4.27. The molecule has 0 spiro atoms. The fraction of sp³-hybridized carbons (Fsp3) is 0.875. The minimum atomic E-state index is -3.10. The lowest BCUT2D eigenvalue weighted by molar-refractivity contribution is -0.139. The van der Waals surface area contributed by atoms with Crippen molar-refractivity contribution in [2.45, 2.75) is 37.6 Å². The molecule has 0 radical (unpaired) electrons. The van der Waals surface area contributed by atoms with Gasteiger partial charge in [-0.3, -0.25) is 10.1 Å². The Morgan fingerprint density at radius 1 is 1.64 bits per heavy atom. The smallest absolute Gasteiger partial charge is 0.320 e. The highest BCUT2D eigenvalue weighted by atomic mass is 32.2. The first kappa shape index (κ1) is 11.5. The van der Waals surface area contributed by atoms with Gasteiger partial charge < -0.3 is 5.11 Å². The molecule has 1 rings (SSSR count). The van der Waals surface area contributed by atoms with Crippen molar-refractivity contribution in [2.75, 3.05) is 5.75 Å². The van der Waals surface area contributed by atoms with Crippen molar-refractivity contribution in [2.24, 2.45) is 0 Å². The van der Waals surface area contributed by atoms with Crippen LogP contribution < -0.4 is 5.32 Å². The predicted octanol–water partition coefficient (Wildman–Crippen LogP) is -0.0261. The van der Waals surface area contributed by atoms with Gasteiger partial charge in [-0.05, 0) is 19.3 Å². The molecular weight excluding hydrogens is 206 g/mol. The summed E-state index contributed by atoms with van der Waals surface area (Å²) in [4.78, 5) is 10.7. The zero-order chi connectivity index (χ0) is 10.8. The Bertz CT molecular complexity index is 311. The third-order valence-corrected chi connectivity index (χ3v) is 4.52. The van der Waals surface area contributed by atoms with Crippen molar-refractivity contribution in [3.63, 3.8) is 0 Å². The molecule has 0 saturated carbocycles. The molecule has 0 bridgehead atoms. The Kier molecular flexibility index (Phi) is 3.49. The van der Waals surface area contributed by atoms with E-state index in [1.165, 1.54) is 0 Å². The molecule has 2 N–H and O–H groups in total. The molecule has 5 nitrogen and oxygen atoms in total. The van der Waals surface area contributed by atoms with Crippen LogP contribution in [0.2, 0.25) is 0 Å². The van der Waals surface area contributed by atoms with Gasteiger partial charge in [0.2, 0.25) is 0 Å². The van der Waals surface area contributed by atoms with Gasteiger partial charge in [-0.15, -0.1) is 0 Å². The Hall–Kier alpha value is -0.620. The summed E-state index contributed by atoms with van der Waals surface area (Å²) in [5, 5.41) is 10.8. The van der Waals surface area contributed by atoms with Crippen LogP contribution in [0.4, 0.5) is 0 Å². The van der Waals surface area contributed by atoms with Crippen LogP contribution in [0.3, 0.4) is 0 Å². The average Bonchev–Trinajstić information content (AvgIpc) is 2.40. The largest absolute Gasteiger partial charge is 0.480 e. The number of hydrogen-bond acceptors (Lipinski definition) is 4. The summed E-state index contributed by atoms with van der Waals surface area (Å²) in [5.74, 6) is -0.824. The van der Waals surface area contributed by atoms with E-state index >= 15 is 0 Å². The number of carbonyl (C=O) groups is 1. The second-order valence-corrected chi connectivity index (χ2v) is 5.77. The van der Waals surface area contributed by atoms with E-state index in [1.807, 2.05) is 0 Å². The molecule has 1 heterocycles. The summed E-state index contributed by atoms with van der Waals surface area (Å²) >= 11 is 0. The minimum absolute atomic E-state index is 0.167. The Balaban J connectivity index is 2.63. The van der Waals surface area contributed by atoms with E-state index in [2.05, 4.69) is 5.32 Å². The topological polar surface area (TPSA) is 83.5 Å². The predicted molar refractivity (Wildman–Crippen MR) is 51.7 cm³/mol. The van der Waals surface area contributed by atoms with Crippen LogP contribution in [-0.2, 0) is 14.6 Å². The molecule has 14 heavy (non-hydrogen) atoms. The number of hydrogen-bond donors (Lipinski definition) is 2. The van der Waals surface area contributed by atoms with Gasteiger partial charge in [-0.1, -0.05) is 6.92 Å². The number of aliphatic carboxylic acids is 1. The normalized spacial score (nSPS) is 27.4. The number of sulfone groups is 1. The highest BCUT2D eigenvalue weighted by Crippen LogP contribution is 2.18. The molecule has 2 unspecified atom stereocenters. The van der Waals surface area contributed by atoms with Gasteiger partial charge in [0.1, 0.15) is 11.4 Å². The minimum Gasteiger partial charge on any atom is -0.480 e. The first-order valence-corrected chi connectivity index (χ1v) is 6.39. The summed E-state index contributed by atoms with van der Waals surface area (Å²) in [6.07, 6.45) is 1.53. The highest BCUT2D eigenvalue weighted by Gasteiger charge is 2.33. The fourth-order valence-electron chi connectivity index (χ4n) is 1.57. The average molecular weight is 221 g/mol. The number of rotatable bonds is 4. The third kappa shape index (κ3) is 2.45. The van der Waals surface area contributed by atoms with E-state index < -0.39 is 27.2 Å². The van der Waals surface area contributed by atoms with Crippen LogP contribution in [0.15, 0.2) is 0 Å². The van der Waals surface area contributed by atoms with Crippen LogP contribution in [0.1, 0.15) is 26.2 Å². The van der Waals surface area contributed by atoms with E-state index in [-0.39, 0.29) is 5.75 Å². The van der Waals surface area contributed by atoms with Gasteiger partial charge in [0.15, 0.2) is 9.84 Å². The van der Waals surface area contributed by atoms with Crippen LogP contribution in [0.5, 0.6) is 0 Å². The summed E-state index contributed by atoms with van der Waals surface area (Å²) < 4.78 is 22.8. The first-order chi connectivity index (χ1) is 6.47. The van der Waals surface area contributed by atoms with Gasteiger partial charge in [0.05, 0.1) is 5.75 Å². The molecule has 6 heteroatoms. The number of carboxylic acids is 1. The number of carboxylic acid groups (broad SMARTS) is 1. The zero-order valence-electron chi connectivity index (χ0n) is 8.06. The third-order valence-electron chi connectivity index (χ3n) is 2.42. The molecule has 82 valence electrons. The summed E-state index contributed by atoms with van der Waals surface area (Å²) in [6.45, 7) is 1.72. The second-order valence-electron chi connectivity index (χ2n) is 3.46. The SMILES string of the molecule is CCC(NC1CCCS1(=O)=O)C(=O)O. The van der Waals surface area contributed by atoms with E-state index in [1.54, 1.807) is 6.92 Å². The Morgan fingerprint density at radius 2 is 2.29 bits per heavy atom. The molecule has 2 atom stereocenters. The quantitative estimate of drug-likeness (QED) is 0.696. The molecule has 0 aromatic rings. The Labute approximate surface area is 83.4 Å². The van der Waals surface area contributed by atoms with Gasteiger partial charge in [0.25, 0.3) is 0 Å². The van der Waals surface area contributed by atoms with Crippen molar-refractivity contribution in [1.82, 2.24) is 5.32 Å². The zero-order valence-corrected chi connectivity index (χ0v) is 8.88. The fourth-order valence-corrected chi connectivity index (χ4v) is 3.32. The molecule has 0 aliphatic carbocycles. The van der Waals surface area contributed by atoms with Gasteiger partial charge in [-0.2, -0.15) is 0 Å². The maximum absolute atomic E-state index is 11.4. The van der Waals surface area contributed by atoms with Gasteiger partial charge >= 0.3 is 5.97 Å². The van der Waals surface area contributed by atoms with Crippen molar-refractivity contribution in [3.05, 3.63) is 0 Å². The van der Waals surface area contributed by atoms with Crippen molar-refractivity contribution in [1.29, 1.82) is 0 Å². The Morgan fingerprint density at radius 3 is 2.64 bits per heavy atom. The summed E-state index contributed by atoms with van der Waals surface area (Å²) in [5.41, 5.74) is 0. The lowest BCUT2D eigenvalue weighted by Gasteiger charge is -2.17. The molecule has 0 amide bonds. The van der Waals surface area contributed by atoms with Crippen LogP contribution in [0.25, 0.3) is 0 Å².